The molecule has 2 aromatic heterocycles. The number of rotatable bonds is 6. The highest BCUT2D eigenvalue weighted by molar-refractivity contribution is 5.76. The van der Waals surface area contributed by atoms with Crippen molar-refractivity contribution in [2.24, 2.45) is 5.92 Å². The molecule has 1 unspecified atom stereocenters. The van der Waals surface area contributed by atoms with E-state index in [2.05, 4.69) is 37.8 Å². The first-order chi connectivity index (χ1) is 12.1. The molecule has 1 amide bonds. The highest BCUT2D eigenvalue weighted by Crippen LogP contribution is 2.22. The van der Waals surface area contributed by atoms with Crippen molar-refractivity contribution in [3.05, 3.63) is 42.5 Å². The summed E-state index contributed by atoms with van der Waals surface area (Å²) in [5, 5.41) is 0. The van der Waals surface area contributed by atoms with E-state index in [4.69, 9.17) is 4.74 Å². The van der Waals surface area contributed by atoms with Gasteiger partial charge in [0, 0.05) is 58.1 Å². The molecule has 0 aliphatic carbocycles. The quantitative estimate of drug-likeness (QED) is 0.742. The minimum absolute atomic E-state index is 0.00660. The minimum atomic E-state index is -0.00660. The van der Waals surface area contributed by atoms with E-state index in [1.165, 1.54) is 5.69 Å². The van der Waals surface area contributed by atoms with Crippen LogP contribution in [0.3, 0.4) is 0 Å². The molecule has 0 saturated heterocycles. The number of anilines is 1. The summed E-state index contributed by atoms with van der Waals surface area (Å²) in [7, 11) is 3.48. The van der Waals surface area contributed by atoms with Crippen LogP contribution in [0.1, 0.15) is 12.1 Å². The first kappa shape index (κ1) is 17.4. The van der Waals surface area contributed by atoms with Crippen LogP contribution in [-0.4, -0.2) is 59.2 Å². The molecule has 1 aliphatic heterocycles. The second-order valence-electron chi connectivity index (χ2n) is 6.58. The number of ether oxygens (including phenoxy) is 1. The summed E-state index contributed by atoms with van der Waals surface area (Å²) in [4.78, 5) is 24.1. The van der Waals surface area contributed by atoms with Gasteiger partial charge in [0.2, 0.25) is 11.9 Å². The number of aromatic nitrogens is 3. The van der Waals surface area contributed by atoms with Crippen LogP contribution in [0.15, 0.2) is 36.8 Å². The average molecular weight is 343 g/mol. The molecule has 134 valence electrons. The Balaban J connectivity index is 1.62. The van der Waals surface area contributed by atoms with Crippen molar-refractivity contribution in [1.29, 1.82) is 0 Å². The van der Waals surface area contributed by atoms with Crippen LogP contribution in [0, 0.1) is 5.92 Å². The molecule has 2 aromatic rings. The Labute approximate surface area is 148 Å². The molecule has 0 aromatic carbocycles. The summed E-state index contributed by atoms with van der Waals surface area (Å²) in [5.74, 6) is 1.16. The minimum Gasteiger partial charge on any atom is -0.372 e. The fourth-order valence-corrected chi connectivity index (χ4v) is 3.01. The maximum Gasteiger partial charge on any atom is 0.248 e. The zero-order valence-corrected chi connectivity index (χ0v) is 14.8. The fraction of sp³-hybridized carbons (Fsp3) is 0.500. The summed E-state index contributed by atoms with van der Waals surface area (Å²) in [6.07, 6.45) is 6.56. The highest BCUT2D eigenvalue weighted by atomic mass is 16.5. The lowest BCUT2D eigenvalue weighted by Crippen LogP contribution is -2.30. The molecule has 0 N–H and O–H groups in total. The maximum atomic E-state index is 11.6. The Morgan fingerprint density at radius 3 is 2.84 bits per heavy atom. The van der Waals surface area contributed by atoms with Gasteiger partial charge in [-0.15, -0.1) is 0 Å². The molecule has 1 aliphatic rings. The third-order valence-corrected chi connectivity index (χ3v) is 4.44. The molecule has 0 saturated carbocycles. The van der Waals surface area contributed by atoms with Crippen LogP contribution < -0.4 is 4.90 Å². The van der Waals surface area contributed by atoms with E-state index in [0.29, 0.717) is 12.5 Å². The second-order valence-corrected chi connectivity index (χ2v) is 6.58. The standard InChI is InChI=1S/C18H25N5O2/c1-21(2)17(24)14-25-10-6-15-11-22-9-3-5-16(22)13-23(12-15)18-19-7-4-8-20-18/h3-5,7-9,15H,6,10-14H2,1-2H3. The van der Waals surface area contributed by atoms with Gasteiger partial charge in [-0.1, -0.05) is 0 Å². The number of hydrogen-bond acceptors (Lipinski definition) is 5. The van der Waals surface area contributed by atoms with Crippen LogP contribution in [-0.2, 0) is 22.6 Å². The third-order valence-electron chi connectivity index (χ3n) is 4.44. The van der Waals surface area contributed by atoms with Crippen molar-refractivity contribution in [3.63, 3.8) is 0 Å². The predicted octanol–water partition coefficient (Wildman–Crippen LogP) is 1.41. The number of nitrogens with zero attached hydrogens (tertiary/aromatic N) is 5. The van der Waals surface area contributed by atoms with E-state index >= 15 is 0 Å². The van der Waals surface area contributed by atoms with Crippen LogP contribution >= 0.6 is 0 Å². The summed E-state index contributed by atoms with van der Waals surface area (Å²) < 4.78 is 7.85. The number of fused-ring (bicyclic) bond motifs is 1. The van der Waals surface area contributed by atoms with Crippen LogP contribution in [0.4, 0.5) is 5.95 Å². The molecule has 7 heteroatoms. The largest absolute Gasteiger partial charge is 0.372 e. The van der Waals surface area contributed by atoms with E-state index in [1.54, 1.807) is 31.4 Å². The van der Waals surface area contributed by atoms with Gasteiger partial charge >= 0.3 is 0 Å². The van der Waals surface area contributed by atoms with Gasteiger partial charge in [0.1, 0.15) is 6.61 Å². The van der Waals surface area contributed by atoms with Gasteiger partial charge in [0.05, 0.1) is 6.54 Å². The van der Waals surface area contributed by atoms with Gasteiger partial charge in [-0.2, -0.15) is 0 Å². The first-order valence-corrected chi connectivity index (χ1v) is 8.57. The van der Waals surface area contributed by atoms with E-state index in [1.807, 2.05) is 6.07 Å². The Kier molecular flexibility index (Phi) is 5.65. The number of carbonyl (C=O) groups excluding carboxylic acids is 1. The SMILES string of the molecule is CN(C)C(=O)COCCC1CN(c2ncccn2)Cc2cccn2C1. The van der Waals surface area contributed by atoms with Crippen LogP contribution in [0.25, 0.3) is 0 Å². The predicted molar refractivity (Wildman–Crippen MR) is 95.1 cm³/mol. The van der Waals surface area contributed by atoms with Gasteiger partial charge in [-0.3, -0.25) is 4.79 Å². The zero-order chi connectivity index (χ0) is 17.6. The molecule has 0 radical (unpaired) electrons. The van der Waals surface area contributed by atoms with Gasteiger partial charge in [0.15, 0.2) is 0 Å². The van der Waals surface area contributed by atoms with Crippen LogP contribution in [0.5, 0.6) is 0 Å². The molecule has 0 spiro atoms. The average Bonchev–Trinajstić information content (AvgIpc) is 2.97. The number of hydrogen-bond donors (Lipinski definition) is 0. The van der Waals surface area contributed by atoms with E-state index < -0.39 is 0 Å². The fourth-order valence-electron chi connectivity index (χ4n) is 3.01. The van der Waals surface area contributed by atoms with Crippen molar-refractivity contribution in [1.82, 2.24) is 19.4 Å². The molecule has 0 fully saturated rings. The van der Waals surface area contributed by atoms with Crippen molar-refractivity contribution >= 4 is 11.9 Å². The van der Waals surface area contributed by atoms with Crippen molar-refractivity contribution in [3.8, 4) is 0 Å². The normalized spacial score (nSPS) is 17.0. The topological polar surface area (TPSA) is 63.5 Å². The molecule has 7 nitrogen and oxygen atoms in total. The van der Waals surface area contributed by atoms with Crippen molar-refractivity contribution < 1.29 is 9.53 Å². The third kappa shape index (κ3) is 4.57. The molecule has 3 rings (SSSR count). The monoisotopic (exact) mass is 343 g/mol. The van der Waals surface area contributed by atoms with Crippen molar-refractivity contribution in [2.45, 2.75) is 19.5 Å². The molecule has 3 heterocycles. The molecule has 0 bridgehead atoms. The van der Waals surface area contributed by atoms with Gasteiger partial charge in [0.25, 0.3) is 0 Å². The molecule has 25 heavy (non-hydrogen) atoms. The molecule has 1 atom stereocenters. The maximum absolute atomic E-state index is 11.6. The Hall–Kier alpha value is -2.41. The lowest BCUT2D eigenvalue weighted by atomic mass is 10.1. The Morgan fingerprint density at radius 1 is 1.28 bits per heavy atom. The Morgan fingerprint density at radius 2 is 2.08 bits per heavy atom. The lowest BCUT2D eigenvalue weighted by Gasteiger charge is -2.24. The molecular weight excluding hydrogens is 318 g/mol. The lowest BCUT2D eigenvalue weighted by molar-refractivity contribution is -0.133. The summed E-state index contributed by atoms with van der Waals surface area (Å²) in [5.41, 5.74) is 1.26. The summed E-state index contributed by atoms with van der Waals surface area (Å²) in [6.45, 7) is 3.32. The number of likely N-dealkylation sites (N-methyl/N-ethyl adjacent to an activating group) is 1. The van der Waals surface area contributed by atoms with E-state index in [9.17, 15) is 4.79 Å². The smallest absolute Gasteiger partial charge is 0.248 e. The van der Waals surface area contributed by atoms with E-state index in [0.717, 1.165) is 32.0 Å². The Bertz CT molecular complexity index is 686. The highest BCUT2D eigenvalue weighted by Gasteiger charge is 2.23. The molecular formula is C18H25N5O2. The van der Waals surface area contributed by atoms with E-state index in [-0.39, 0.29) is 12.5 Å². The summed E-state index contributed by atoms with van der Waals surface area (Å²) in [6, 6.07) is 6.05. The number of carbonyl (C=O) groups is 1. The summed E-state index contributed by atoms with van der Waals surface area (Å²) >= 11 is 0. The van der Waals surface area contributed by atoms with Crippen molar-refractivity contribution in [2.75, 3.05) is 38.8 Å². The van der Waals surface area contributed by atoms with Crippen LogP contribution in [0.2, 0.25) is 0 Å². The second kappa shape index (κ2) is 8.11. The number of amides is 1. The van der Waals surface area contributed by atoms with Gasteiger partial charge in [-0.05, 0) is 30.5 Å². The first-order valence-electron chi connectivity index (χ1n) is 8.57. The van der Waals surface area contributed by atoms with Gasteiger partial charge < -0.3 is 19.1 Å². The van der Waals surface area contributed by atoms with Gasteiger partial charge in [-0.25, -0.2) is 9.97 Å². The zero-order valence-electron chi connectivity index (χ0n) is 14.8.